The molecule has 0 atom stereocenters. The largest absolute Gasteiger partial charge is 0.491 e. The van der Waals surface area contributed by atoms with Gasteiger partial charge in [0, 0.05) is 12.0 Å². The molecule has 0 aliphatic heterocycles. The summed E-state index contributed by atoms with van der Waals surface area (Å²) in [6.07, 6.45) is -2.15. The number of halogens is 6. The molecule has 0 spiro atoms. The zero-order valence-electron chi connectivity index (χ0n) is 18.8. The minimum absolute atomic E-state index is 0.0409. The number of fused-ring (bicyclic) bond motifs is 3. The van der Waals surface area contributed by atoms with Gasteiger partial charge in [-0.05, 0) is 66.8 Å². The number of hydrogen-bond donors (Lipinski definition) is 0. The van der Waals surface area contributed by atoms with Crippen LogP contribution < -0.4 is 9.47 Å². The molecule has 0 saturated carbocycles. The Kier molecular flexibility index (Phi) is 6.58. The molecule has 0 aromatic heterocycles. The molecule has 0 unspecified atom stereocenters. The molecule has 3 aromatic carbocycles. The van der Waals surface area contributed by atoms with Gasteiger partial charge in [0.25, 0.3) is 5.92 Å². The number of ether oxygens (including phenoxy) is 2. The van der Waals surface area contributed by atoms with Crippen molar-refractivity contribution in [3.8, 4) is 22.6 Å². The molecule has 2 nitrogen and oxygen atoms in total. The monoisotopic (exact) mass is 492 g/mol. The van der Waals surface area contributed by atoms with Crippen LogP contribution in [0.2, 0.25) is 0 Å². The van der Waals surface area contributed by atoms with E-state index in [0.29, 0.717) is 12.8 Å². The lowest BCUT2D eigenvalue weighted by molar-refractivity contribution is -0.187. The van der Waals surface area contributed by atoms with Crippen molar-refractivity contribution in [2.75, 3.05) is 6.61 Å². The highest BCUT2D eigenvalue weighted by Gasteiger charge is 2.45. The Morgan fingerprint density at radius 3 is 2.26 bits per heavy atom. The lowest BCUT2D eigenvalue weighted by atomic mass is 9.82. The molecule has 0 saturated heterocycles. The highest BCUT2D eigenvalue weighted by atomic mass is 19.3. The Morgan fingerprint density at radius 2 is 1.60 bits per heavy atom. The van der Waals surface area contributed by atoms with Gasteiger partial charge in [0.15, 0.2) is 23.1 Å². The molecule has 4 rings (SSSR count). The van der Waals surface area contributed by atoms with E-state index in [9.17, 15) is 13.2 Å². The molecule has 0 fully saturated rings. The van der Waals surface area contributed by atoms with Gasteiger partial charge >= 0.3 is 6.11 Å². The van der Waals surface area contributed by atoms with E-state index in [1.54, 1.807) is 13.0 Å². The van der Waals surface area contributed by atoms with Gasteiger partial charge in [0.1, 0.15) is 0 Å². The van der Waals surface area contributed by atoms with Crippen molar-refractivity contribution in [3.63, 3.8) is 0 Å². The summed E-state index contributed by atoms with van der Waals surface area (Å²) in [6.45, 7) is 5.35. The number of alkyl halides is 4. The van der Waals surface area contributed by atoms with Gasteiger partial charge in [-0.1, -0.05) is 24.3 Å². The summed E-state index contributed by atoms with van der Waals surface area (Å²) in [5, 5.41) is 0. The van der Waals surface area contributed by atoms with E-state index in [-0.39, 0.29) is 29.0 Å². The maximum absolute atomic E-state index is 15.2. The third kappa shape index (κ3) is 4.61. The highest BCUT2D eigenvalue weighted by Crippen LogP contribution is 2.50. The average Bonchev–Trinajstić information content (AvgIpc) is 2.81. The fourth-order valence-corrected chi connectivity index (χ4v) is 4.15. The van der Waals surface area contributed by atoms with Crippen LogP contribution in [0.5, 0.6) is 11.5 Å². The number of rotatable bonds is 8. The van der Waals surface area contributed by atoms with Crippen LogP contribution >= 0.6 is 0 Å². The summed E-state index contributed by atoms with van der Waals surface area (Å²) in [5.74, 6) is -7.66. The second kappa shape index (κ2) is 9.32. The third-order valence-electron chi connectivity index (χ3n) is 5.83. The number of hydrogen-bond acceptors (Lipinski definition) is 2. The van der Waals surface area contributed by atoms with Crippen molar-refractivity contribution in [2.45, 2.75) is 38.2 Å². The van der Waals surface area contributed by atoms with Gasteiger partial charge in [0.05, 0.1) is 17.7 Å². The van der Waals surface area contributed by atoms with Crippen LogP contribution in [0.1, 0.15) is 35.6 Å². The maximum Gasteiger partial charge on any atom is 0.426 e. The van der Waals surface area contributed by atoms with Crippen molar-refractivity contribution >= 4 is 0 Å². The van der Waals surface area contributed by atoms with Crippen molar-refractivity contribution in [2.24, 2.45) is 0 Å². The van der Waals surface area contributed by atoms with Crippen LogP contribution in [0.15, 0.2) is 61.2 Å². The Hall–Kier alpha value is -3.42. The zero-order valence-corrected chi connectivity index (χ0v) is 18.8. The molecular formula is C27H22F6O2. The number of benzene rings is 3. The van der Waals surface area contributed by atoms with Gasteiger partial charge in [-0.2, -0.15) is 8.78 Å². The fraction of sp³-hybridized carbons (Fsp3) is 0.259. The first kappa shape index (κ1) is 24.7. The van der Waals surface area contributed by atoms with Gasteiger partial charge < -0.3 is 9.47 Å². The number of aryl methyl sites for hydroxylation is 1. The highest BCUT2D eigenvalue weighted by molar-refractivity contribution is 5.76. The van der Waals surface area contributed by atoms with E-state index in [0.717, 1.165) is 29.8 Å². The second-order valence-corrected chi connectivity index (χ2v) is 8.16. The lowest BCUT2D eigenvalue weighted by Crippen LogP contribution is -2.27. The molecule has 35 heavy (non-hydrogen) atoms. The van der Waals surface area contributed by atoms with Crippen LogP contribution in [0.25, 0.3) is 11.1 Å². The zero-order chi connectivity index (χ0) is 25.4. The molecule has 8 heteroatoms. The van der Waals surface area contributed by atoms with Crippen LogP contribution in [-0.4, -0.2) is 6.61 Å². The minimum Gasteiger partial charge on any atom is -0.491 e. The van der Waals surface area contributed by atoms with Crippen LogP contribution in [0, 0.1) is 11.6 Å². The van der Waals surface area contributed by atoms with Crippen molar-refractivity contribution in [1.82, 2.24) is 0 Å². The summed E-state index contributed by atoms with van der Waals surface area (Å²) in [7, 11) is 0. The SMILES string of the molecule is C=CCCc1ccc(C(F)(F)Oc2ccc3c(c2F)C(F)(F)Cc2c-3ccc(OCC)c2F)cc1. The van der Waals surface area contributed by atoms with E-state index in [1.165, 1.54) is 24.3 Å². The molecule has 0 N–H and O–H groups in total. The summed E-state index contributed by atoms with van der Waals surface area (Å²) in [5.41, 5.74) is -1.45. The van der Waals surface area contributed by atoms with E-state index in [4.69, 9.17) is 4.74 Å². The number of allylic oxidation sites excluding steroid dienone is 1. The molecule has 184 valence electrons. The Balaban J connectivity index is 1.70. The molecular weight excluding hydrogens is 470 g/mol. The maximum atomic E-state index is 15.2. The molecule has 0 amide bonds. The summed E-state index contributed by atoms with van der Waals surface area (Å²) >= 11 is 0. The Labute approximate surface area is 198 Å². The first-order valence-electron chi connectivity index (χ1n) is 11.0. The van der Waals surface area contributed by atoms with E-state index >= 15 is 13.2 Å². The Bertz CT molecular complexity index is 1250. The Morgan fingerprint density at radius 1 is 0.943 bits per heavy atom. The van der Waals surface area contributed by atoms with Gasteiger partial charge in [0.2, 0.25) is 0 Å². The quantitative estimate of drug-likeness (QED) is 0.235. The van der Waals surface area contributed by atoms with Crippen LogP contribution in [0.4, 0.5) is 26.3 Å². The van der Waals surface area contributed by atoms with Gasteiger partial charge in [-0.25, -0.2) is 17.6 Å². The fourth-order valence-electron chi connectivity index (χ4n) is 4.15. The standard InChI is InChI=1S/C27H22F6O2/c1-3-5-6-16-7-9-17(10-8-16)27(32,33)35-22-14-12-19-18-11-13-21(34-4-2)24(28)20(18)15-26(30,31)23(19)25(22)29/h3,7-14H,1,4-6,15H2,2H3. The molecule has 1 aliphatic carbocycles. The normalized spacial score (nSPS) is 14.1. The predicted octanol–water partition coefficient (Wildman–Crippen LogP) is 7.93. The summed E-state index contributed by atoms with van der Waals surface area (Å²) in [6, 6.07) is 9.73. The first-order chi connectivity index (χ1) is 16.6. The minimum atomic E-state index is -3.98. The predicted molar refractivity (Wildman–Crippen MR) is 120 cm³/mol. The van der Waals surface area contributed by atoms with Gasteiger partial charge in [-0.15, -0.1) is 6.58 Å². The van der Waals surface area contributed by atoms with E-state index in [2.05, 4.69) is 11.3 Å². The molecule has 3 aromatic rings. The molecule has 1 aliphatic rings. The van der Waals surface area contributed by atoms with Crippen molar-refractivity contribution in [3.05, 3.63) is 95.1 Å². The van der Waals surface area contributed by atoms with E-state index in [1.807, 2.05) is 0 Å². The topological polar surface area (TPSA) is 18.5 Å². The van der Waals surface area contributed by atoms with E-state index < -0.39 is 47.0 Å². The third-order valence-corrected chi connectivity index (χ3v) is 5.83. The summed E-state index contributed by atoms with van der Waals surface area (Å²) < 4.78 is 99.3. The smallest absolute Gasteiger partial charge is 0.426 e. The van der Waals surface area contributed by atoms with Crippen LogP contribution in [0.3, 0.4) is 0 Å². The first-order valence-corrected chi connectivity index (χ1v) is 11.0. The summed E-state index contributed by atoms with van der Waals surface area (Å²) in [4.78, 5) is 0. The molecule has 0 heterocycles. The molecule has 0 radical (unpaired) electrons. The van der Waals surface area contributed by atoms with Crippen molar-refractivity contribution in [1.29, 1.82) is 0 Å². The van der Waals surface area contributed by atoms with Gasteiger partial charge in [-0.3, -0.25) is 0 Å². The van der Waals surface area contributed by atoms with Crippen LogP contribution in [-0.2, 0) is 24.9 Å². The van der Waals surface area contributed by atoms with Crippen molar-refractivity contribution < 1.29 is 35.8 Å². The lowest BCUT2D eigenvalue weighted by Gasteiger charge is -2.30. The molecule has 0 bridgehead atoms. The second-order valence-electron chi connectivity index (χ2n) is 8.16. The average molecular weight is 492 g/mol.